The van der Waals surface area contributed by atoms with Crippen LogP contribution < -0.4 is 5.32 Å². The Balaban J connectivity index is 2.95. The van der Waals surface area contributed by atoms with Crippen molar-refractivity contribution in [1.82, 2.24) is 5.32 Å². The van der Waals surface area contributed by atoms with Gasteiger partial charge in [0.25, 0.3) is 0 Å². The molecule has 1 amide bonds. The molecular weight excluding hydrogens is 224 g/mol. The standard InChI is InChI=1S/C15H18N2O/c1-4-8-12-9-6-7-10-13(12)14(16-3)11-17-15(18)5-2/h4-10H,2,11H2,1,3H3,(H,17,18)/b8-4+,16-14?. The van der Waals surface area contributed by atoms with Crippen molar-refractivity contribution in [1.29, 1.82) is 0 Å². The molecule has 1 aromatic carbocycles. The molecule has 0 aromatic heterocycles. The Morgan fingerprint density at radius 1 is 1.44 bits per heavy atom. The number of rotatable bonds is 5. The molecule has 0 aliphatic rings. The fourth-order valence-electron chi connectivity index (χ4n) is 1.62. The number of aliphatic imine (C=N–C) groups is 1. The Hall–Kier alpha value is -2.16. The molecular formula is C15H18N2O. The SMILES string of the molecule is C=CC(=O)NCC(=NC)c1ccccc1/C=C/C. The number of hydrogen-bond acceptors (Lipinski definition) is 2. The van der Waals surface area contributed by atoms with Gasteiger partial charge in [0.15, 0.2) is 0 Å². The van der Waals surface area contributed by atoms with Gasteiger partial charge in [-0.15, -0.1) is 0 Å². The molecule has 0 spiro atoms. The van der Waals surface area contributed by atoms with Gasteiger partial charge >= 0.3 is 0 Å². The minimum Gasteiger partial charge on any atom is -0.347 e. The van der Waals surface area contributed by atoms with E-state index >= 15 is 0 Å². The summed E-state index contributed by atoms with van der Waals surface area (Å²) < 4.78 is 0. The second kappa shape index (κ2) is 7.22. The van der Waals surface area contributed by atoms with E-state index in [0.717, 1.165) is 16.8 Å². The quantitative estimate of drug-likeness (QED) is 0.625. The minimum absolute atomic E-state index is 0.195. The number of nitrogens with zero attached hydrogens (tertiary/aromatic N) is 1. The number of nitrogens with one attached hydrogen (secondary N) is 1. The molecule has 18 heavy (non-hydrogen) atoms. The van der Waals surface area contributed by atoms with Crippen LogP contribution in [0.2, 0.25) is 0 Å². The molecule has 0 aliphatic carbocycles. The van der Waals surface area contributed by atoms with Gasteiger partial charge in [-0.05, 0) is 18.6 Å². The molecule has 0 atom stereocenters. The van der Waals surface area contributed by atoms with Crippen molar-refractivity contribution in [3.8, 4) is 0 Å². The van der Waals surface area contributed by atoms with Crippen LogP contribution in [0.4, 0.5) is 0 Å². The Morgan fingerprint density at radius 3 is 2.78 bits per heavy atom. The molecule has 1 aromatic rings. The monoisotopic (exact) mass is 242 g/mol. The normalized spacial score (nSPS) is 11.6. The van der Waals surface area contributed by atoms with Gasteiger partial charge in [0.05, 0.1) is 12.3 Å². The summed E-state index contributed by atoms with van der Waals surface area (Å²) in [6.45, 7) is 5.79. The average Bonchev–Trinajstić information content (AvgIpc) is 2.41. The molecule has 1 rings (SSSR count). The third kappa shape index (κ3) is 3.70. The Kier molecular flexibility index (Phi) is 5.58. The molecule has 3 nitrogen and oxygen atoms in total. The van der Waals surface area contributed by atoms with E-state index in [4.69, 9.17) is 0 Å². The molecule has 0 heterocycles. The van der Waals surface area contributed by atoms with Crippen molar-refractivity contribution >= 4 is 17.7 Å². The third-order valence-electron chi connectivity index (χ3n) is 2.50. The summed E-state index contributed by atoms with van der Waals surface area (Å²) in [5.74, 6) is -0.195. The minimum atomic E-state index is -0.195. The number of amides is 1. The van der Waals surface area contributed by atoms with E-state index in [9.17, 15) is 4.79 Å². The first kappa shape index (κ1) is 13.9. The largest absolute Gasteiger partial charge is 0.347 e. The van der Waals surface area contributed by atoms with Gasteiger partial charge in [0, 0.05) is 12.6 Å². The molecule has 0 aliphatic heterocycles. The highest BCUT2D eigenvalue weighted by molar-refractivity contribution is 6.06. The molecule has 0 saturated heterocycles. The fraction of sp³-hybridized carbons (Fsp3) is 0.200. The maximum Gasteiger partial charge on any atom is 0.243 e. The van der Waals surface area contributed by atoms with Gasteiger partial charge in [-0.3, -0.25) is 9.79 Å². The van der Waals surface area contributed by atoms with Crippen molar-refractivity contribution in [3.05, 3.63) is 54.1 Å². The van der Waals surface area contributed by atoms with E-state index in [-0.39, 0.29) is 5.91 Å². The van der Waals surface area contributed by atoms with Gasteiger partial charge in [0.1, 0.15) is 0 Å². The maximum atomic E-state index is 11.2. The molecule has 3 heteroatoms. The Bertz CT molecular complexity index is 487. The predicted molar refractivity (Wildman–Crippen MR) is 76.8 cm³/mol. The number of benzene rings is 1. The van der Waals surface area contributed by atoms with Crippen molar-refractivity contribution in [2.24, 2.45) is 4.99 Å². The lowest BCUT2D eigenvalue weighted by molar-refractivity contribution is -0.116. The first-order chi connectivity index (χ1) is 8.72. The summed E-state index contributed by atoms with van der Waals surface area (Å²) in [6.07, 6.45) is 5.26. The van der Waals surface area contributed by atoms with Gasteiger partial charge in [-0.25, -0.2) is 0 Å². The van der Waals surface area contributed by atoms with Crippen LogP contribution in [0.25, 0.3) is 6.08 Å². The second-order valence-corrected chi connectivity index (χ2v) is 3.68. The van der Waals surface area contributed by atoms with Crippen LogP contribution in [0.5, 0.6) is 0 Å². The number of hydrogen-bond donors (Lipinski definition) is 1. The van der Waals surface area contributed by atoms with Crippen LogP contribution in [0.3, 0.4) is 0 Å². The van der Waals surface area contributed by atoms with Crippen molar-refractivity contribution < 1.29 is 4.79 Å². The zero-order valence-electron chi connectivity index (χ0n) is 10.8. The Labute approximate surface area is 108 Å². The lowest BCUT2D eigenvalue weighted by Crippen LogP contribution is -2.28. The zero-order valence-corrected chi connectivity index (χ0v) is 10.8. The van der Waals surface area contributed by atoms with Crippen molar-refractivity contribution in [3.63, 3.8) is 0 Å². The molecule has 0 radical (unpaired) electrons. The van der Waals surface area contributed by atoms with E-state index in [2.05, 4.69) is 16.9 Å². The van der Waals surface area contributed by atoms with E-state index in [1.165, 1.54) is 6.08 Å². The average molecular weight is 242 g/mol. The lowest BCUT2D eigenvalue weighted by atomic mass is 10.0. The van der Waals surface area contributed by atoms with Gasteiger partial charge < -0.3 is 5.32 Å². The fourth-order valence-corrected chi connectivity index (χ4v) is 1.62. The topological polar surface area (TPSA) is 41.5 Å². The van der Waals surface area contributed by atoms with E-state index < -0.39 is 0 Å². The highest BCUT2D eigenvalue weighted by Gasteiger charge is 2.07. The molecule has 0 bridgehead atoms. The molecule has 94 valence electrons. The highest BCUT2D eigenvalue weighted by Crippen LogP contribution is 2.12. The third-order valence-corrected chi connectivity index (χ3v) is 2.50. The molecule has 0 fully saturated rings. The highest BCUT2D eigenvalue weighted by atomic mass is 16.1. The number of carbonyl (C=O) groups is 1. The van der Waals surface area contributed by atoms with Crippen LogP contribution in [-0.4, -0.2) is 25.2 Å². The first-order valence-corrected chi connectivity index (χ1v) is 5.81. The summed E-state index contributed by atoms with van der Waals surface area (Å²) >= 11 is 0. The van der Waals surface area contributed by atoms with Gasteiger partial charge in [-0.2, -0.15) is 0 Å². The molecule has 0 unspecified atom stereocenters. The lowest BCUT2D eigenvalue weighted by Gasteiger charge is -2.10. The van der Waals surface area contributed by atoms with Crippen LogP contribution >= 0.6 is 0 Å². The van der Waals surface area contributed by atoms with E-state index in [1.807, 2.05) is 43.3 Å². The zero-order chi connectivity index (χ0) is 13.4. The summed E-state index contributed by atoms with van der Waals surface area (Å²) in [6, 6.07) is 7.96. The molecule has 0 saturated carbocycles. The van der Waals surface area contributed by atoms with E-state index in [1.54, 1.807) is 7.05 Å². The summed E-state index contributed by atoms with van der Waals surface area (Å²) in [7, 11) is 1.72. The van der Waals surface area contributed by atoms with E-state index in [0.29, 0.717) is 6.54 Å². The van der Waals surface area contributed by atoms with Crippen LogP contribution in [-0.2, 0) is 4.79 Å². The van der Waals surface area contributed by atoms with Crippen LogP contribution in [0.1, 0.15) is 18.1 Å². The number of carbonyl (C=O) groups excluding carboxylic acids is 1. The first-order valence-electron chi connectivity index (χ1n) is 5.81. The van der Waals surface area contributed by atoms with Crippen molar-refractivity contribution in [2.45, 2.75) is 6.92 Å². The van der Waals surface area contributed by atoms with Gasteiger partial charge in [-0.1, -0.05) is 43.0 Å². The second-order valence-electron chi connectivity index (χ2n) is 3.68. The predicted octanol–water partition coefficient (Wildman–Crippen LogP) is 2.44. The summed E-state index contributed by atoms with van der Waals surface area (Å²) in [5, 5.41) is 2.74. The van der Waals surface area contributed by atoms with Crippen molar-refractivity contribution in [2.75, 3.05) is 13.6 Å². The summed E-state index contributed by atoms with van der Waals surface area (Å²) in [5.41, 5.74) is 2.97. The molecule has 1 N–H and O–H groups in total. The van der Waals surface area contributed by atoms with Crippen LogP contribution in [0, 0.1) is 0 Å². The Morgan fingerprint density at radius 2 is 2.17 bits per heavy atom. The summed E-state index contributed by atoms with van der Waals surface area (Å²) in [4.78, 5) is 15.4. The smallest absolute Gasteiger partial charge is 0.243 e. The van der Waals surface area contributed by atoms with Crippen LogP contribution in [0.15, 0.2) is 48.0 Å². The number of allylic oxidation sites excluding steroid dienone is 1. The van der Waals surface area contributed by atoms with Gasteiger partial charge in [0.2, 0.25) is 5.91 Å². The maximum absolute atomic E-state index is 11.2.